The molecule has 0 fully saturated rings. The van der Waals surface area contributed by atoms with E-state index in [2.05, 4.69) is 65.1 Å². The van der Waals surface area contributed by atoms with E-state index >= 15 is 0 Å². The third kappa shape index (κ3) is 4.28. The average molecular weight is 374 g/mol. The van der Waals surface area contributed by atoms with Crippen LogP contribution in [0.4, 0.5) is 11.4 Å². The molecule has 28 heavy (non-hydrogen) atoms. The van der Waals surface area contributed by atoms with E-state index in [0.717, 1.165) is 27.9 Å². The van der Waals surface area contributed by atoms with E-state index in [1.54, 1.807) is 7.05 Å². The van der Waals surface area contributed by atoms with Crippen molar-refractivity contribution in [3.8, 4) is 11.1 Å². The second-order valence-corrected chi connectivity index (χ2v) is 7.67. The summed E-state index contributed by atoms with van der Waals surface area (Å²) in [6, 6.07) is 11.8. The van der Waals surface area contributed by atoms with Gasteiger partial charge in [-0.15, -0.1) is 0 Å². The summed E-state index contributed by atoms with van der Waals surface area (Å²) in [6.07, 6.45) is 4.09. The summed E-state index contributed by atoms with van der Waals surface area (Å²) in [5.41, 5.74) is 14.9. The maximum atomic E-state index is 6.04. The summed E-state index contributed by atoms with van der Waals surface area (Å²) in [5, 5.41) is 4.36. The van der Waals surface area contributed by atoms with Crippen molar-refractivity contribution in [2.75, 3.05) is 12.8 Å². The van der Waals surface area contributed by atoms with Crippen molar-refractivity contribution in [3.05, 3.63) is 54.4 Å². The number of allylic oxidation sites excluding steroid dienone is 2. The molecule has 3 rings (SSSR count). The van der Waals surface area contributed by atoms with Gasteiger partial charge in [-0.05, 0) is 53.6 Å². The molecule has 0 saturated heterocycles. The number of hydrogen-bond donors (Lipinski definition) is 3. The molecule has 4 N–H and O–H groups in total. The normalized spacial score (nSPS) is 12.6. The Bertz CT molecular complexity index is 1070. The first-order chi connectivity index (χ1) is 13.3. The first-order valence-electron chi connectivity index (χ1n) is 9.11. The molecule has 1 heterocycles. The lowest BCUT2D eigenvalue weighted by Crippen LogP contribution is -2.08. The van der Waals surface area contributed by atoms with Crippen LogP contribution in [0.2, 0.25) is 0 Å². The van der Waals surface area contributed by atoms with Crippen molar-refractivity contribution in [3.63, 3.8) is 0 Å². The lowest BCUT2D eigenvalue weighted by molar-refractivity contribution is 0.544. The summed E-state index contributed by atoms with van der Waals surface area (Å²) in [4.78, 5) is 12.0. The third-order valence-corrected chi connectivity index (χ3v) is 4.23. The number of nitrogen functional groups attached to an aromatic ring is 1. The van der Waals surface area contributed by atoms with Crippen LogP contribution in [0.25, 0.3) is 22.2 Å². The maximum Gasteiger partial charge on any atom is 0.158 e. The molecule has 6 nitrogen and oxygen atoms in total. The van der Waals surface area contributed by atoms with Crippen LogP contribution >= 0.6 is 0 Å². The van der Waals surface area contributed by atoms with Gasteiger partial charge in [-0.25, -0.2) is 4.98 Å². The molecule has 0 aliphatic carbocycles. The van der Waals surface area contributed by atoms with E-state index < -0.39 is 0 Å². The van der Waals surface area contributed by atoms with Gasteiger partial charge in [-0.1, -0.05) is 39.0 Å². The van der Waals surface area contributed by atoms with Crippen molar-refractivity contribution >= 4 is 34.8 Å². The fourth-order valence-electron chi connectivity index (χ4n) is 2.81. The fourth-order valence-corrected chi connectivity index (χ4v) is 2.81. The van der Waals surface area contributed by atoms with Gasteiger partial charge < -0.3 is 16.1 Å². The molecule has 2 aromatic carbocycles. The van der Waals surface area contributed by atoms with Crippen LogP contribution in [-0.2, 0) is 0 Å². The van der Waals surface area contributed by atoms with Gasteiger partial charge >= 0.3 is 0 Å². The fraction of sp³-hybridized carbons (Fsp3) is 0.227. The van der Waals surface area contributed by atoms with Crippen molar-refractivity contribution < 1.29 is 0 Å². The Labute approximate surface area is 165 Å². The van der Waals surface area contributed by atoms with Crippen LogP contribution in [0.5, 0.6) is 0 Å². The van der Waals surface area contributed by atoms with Gasteiger partial charge in [0.2, 0.25) is 0 Å². The highest BCUT2D eigenvalue weighted by atomic mass is 15.3. The van der Waals surface area contributed by atoms with E-state index in [4.69, 9.17) is 5.73 Å². The van der Waals surface area contributed by atoms with Gasteiger partial charge in [0.15, 0.2) is 5.82 Å². The number of fused-ring (bicyclic) bond motifs is 1. The first-order valence-corrected chi connectivity index (χ1v) is 9.11. The number of aromatic amines is 1. The van der Waals surface area contributed by atoms with Crippen molar-refractivity contribution in [2.24, 2.45) is 15.5 Å². The standard InChI is InChI=1S/C22H26N6/c1-22(2,3)11-10-19(28-25-5)21-26-18-9-7-15(13-20(18)27-21)14-6-8-17(24-4)16(23)12-14/h6-13,25H,4,23H2,1-3,5H3,(H,26,27)/b11-10+,28-19+. The lowest BCUT2D eigenvalue weighted by Gasteiger charge is -2.11. The maximum absolute atomic E-state index is 6.04. The summed E-state index contributed by atoms with van der Waals surface area (Å²) in [7, 11) is 1.78. The smallest absolute Gasteiger partial charge is 0.158 e. The number of rotatable bonds is 5. The Morgan fingerprint density at radius 1 is 1.18 bits per heavy atom. The molecular weight excluding hydrogens is 348 g/mol. The molecule has 0 saturated carbocycles. The highest BCUT2D eigenvalue weighted by Crippen LogP contribution is 2.30. The number of aromatic nitrogens is 2. The van der Waals surface area contributed by atoms with Gasteiger partial charge in [0, 0.05) is 7.05 Å². The molecule has 6 heteroatoms. The molecule has 0 aliphatic heterocycles. The molecule has 0 unspecified atom stereocenters. The van der Waals surface area contributed by atoms with Crippen molar-refractivity contribution in [1.82, 2.24) is 15.4 Å². The summed E-state index contributed by atoms with van der Waals surface area (Å²) in [6.45, 7) is 9.96. The first kappa shape index (κ1) is 19.4. The van der Waals surface area contributed by atoms with E-state index in [9.17, 15) is 0 Å². The molecule has 0 atom stereocenters. The molecule has 0 bridgehead atoms. The van der Waals surface area contributed by atoms with Gasteiger partial charge in [-0.3, -0.25) is 4.99 Å². The monoisotopic (exact) mass is 374 g/mol. The summed E-state index contributed by atoms with van der Waals surface area (Å²) < 4.78 is 0. The number of hydrazone groups is 1. The van der Waals surface area contributed by atoms with Crippen LogP contribution in [0.15, 0.2) is 58.6 Å². The SMILES string of the molecule is C=Nc1ccc(-c2ccc3nc(C(/C=C/C(C)(C)C)=N/NC)[nH]c3c2)cc1N. The minimum Gasteiger partial charge on any atom is -0.397 e. The zero-order chi connectivity index (χ0) is 20.3. The number of benzene rings is 2. The van der Waals surface area contributed by atoms with Crippen LogP contribution in [0.1, 0.15) is 26.6 Å². The topological polar surface area (TPSA) is 91.5 Å². The second-order valence-electron chi connectivity index (χ2n) is 7.67. The van der Waals surface area contributed by atoms with Gasteiger partial charge in [0.05, 0.1) is 22.4 Å². The highest BCUT2D eigenvalue weighted by Gasteiger charge is 2.11. The van der Waals surface area contributed by atoms with E-state index in [1.807, 2.05) is 36.4 Å². The van der Waals surface area contributed by atoms with Crippen LogP contribution in [0, 0.1) is 5.41 Å². The Morgan fingerprint density at radius 3 is 2.54 bits per heavy atom. The van der Waals surface area contributed by atoms with Crippen molar-refractivity contribution in [1.29, 1.82) is 0 Å². The molecule has 144 valence electrons. The quantitative estimate of drug-likeness (QED) is 0.344. The number of H-pyrrole nitrogens is 1. The predicted molar refractivity (Wildman–Crippen MR) is 119 cm³/mol. The number of nitrogens with two attached hydrogens (primary N) is 1. The van der Waals surface area contributed by atoms with E-state index in [1.165, 1.54) is 0 Å². The van der Waals surface area contributed by atoms with Crippen LogP contribution in [0.3, 0.4) is 0 Å². The third-order valence-electron chi connectivity index (χ3n) is 4.23. The number of aliphatic imine (C=N–C) groups is 1. The van der Waals surface area contributed by atoms with E-state index in [-0.39, 0.29) is 5.41 Å². The number of nitrogens with one attached hydrogen (secondary N) is 2. The van der Waals surface area contributed by atoms with Crippen LogP contribution in [-0.4, -0.2) is 29.4 Å². The van der Waals surface area contributed by atoms with Crippen LogP contribution < -0.4 is 11.2 Å². The molecule has 0 aliphatic rings. The number of anilines is 1. The molecule has 3 aromatic rings. The minimum absolute atomic E-state index is 0.0556. The summed E-state index contributed by atoms with van der Waals surface area (Å²) in [5.74, 6) is 0.715. The minimum atomic E-state index is 0.0556. The van der Waals surface area contributed by atoms with Crippen molar-refractivity contribution in [2.45, 2.75) is 20.8 Å². The average Bonchev–Trinajstić information content (AvgIpc) is 3.07. The zero-order valence-electron chi connectivity index (χ0n) is 16.7. The molecular formula is C22H26N6. The molecule has 1 aromatic heterocycles. The number of hydrogen-bond acceptors (Lipinski definition) is 5. The Balaban J connectivity index is 2.00. The van der Waals surface area contributed by atoms with Gasteiger partial charge in [0.25, 0.3) is 0 Å². The highest BCUT2D eigenvalue weighted by molar-refractivity contribution is 6.07. The van der Waals surface area contributed by atoms with Gasteiger partial charge in [0.1, 0.15) is 5.71 Å². The number of nitrogens with zero attached hydrogens (tertiary/aromatic N) is 3. The number of imidazole rings is 1. The second kappa shape index (κ2) is 7.68. The largest absolute Gasteiger partial charge is 0.397 e. The predicted octanol–water partition coefficient (Wildman–Crippen LogP) is 4.67. The molecule has 0 radical (unpaired) electrons. The zero-order valence-corrected chi connectivity index (χ0v) is 16.7. The lowest BCUT2D eigenvalue weighted by atomic mass is 9.96. The summed E-state index contributed by atoms with van der Waals surface area (Å²) >= 11 is 0. The Kier molecular flexibility index (Phi) is 5.31. The van der Waals surface area contributed by atoms with E-state index in [0.29, 0.717) is 17.2 Å². The van der Waals surface area contributed by atoms with Gasteiger partial charge in [-0.2, -0.15) is 5.10 Å². The molecule has 0 amide bonds. The molecule has 0 spiro atoms. The Morgan fingerprint density at radius 2 is 1.89 bits per heavy atom. The Hall–Kier alpha value is -3.41.